The number of sulfone groups is 1. The smallest absolute Gasteiger partial charge is 0.415 e. The molecule has 10 heteroatoms. The molecule has 7 nitrogen and oxygen atoms in total. The third kappa shape index (κ3) is 7.26. The number of carbonyl (C=O) groups excluding carboxylic acids is 1. The van der Waals surface area contributed by atoms with Crippen LogP contribution in [-0.4, -0.2) is 43.7 Å². The topological polar surface area (TPSA) is 85.8 Å². The van der Waals surface area contributed by atoms with Crippen molar-refractivity contribution >= 4 is 27.3 Å². The Bertz CT molecular complexity index is 1190. The van der Waals surface area contributed by atoms with Gasteiger partial charge in [0.15, 0.2) is 9.84 Å². The highest BCUT2D eigenvalue weighted by Crippen LogP contribution is 2.25. The van der Waals surface area contributed by atoms with E-state index in [1.54, 1.807) is 17.0 Å². The summed E-state index contributed by atoms with van der Waals surface area (Å²) in [4.78, 5) is 18.9. The second kappa shape index (κ2) is 11.4. The standard InChI is InChI=1S/C24H27FN2O5S2/c1-4-27(24(28)32-21-7-5-18(25)6-8-21)14-13-17(2)23-26-19(16-33-23)15-31-20-9-11-22(12-10-20)34(3,29)30/h5-12,16-17H,4,13-15H2,1-3H3. The number of nitrogens with zero attached hydrogens (tertiary/aromatic N) is 2. The molecule has 34 heavy (non-hydrogen) atoms. The van der Waals surface area contributed by atoms with Crippen molar-refractivity contribution in [1.29, 1.82) is 0 Å². The maximum absolute atomic E-state index is 13.0. The Labute approximate surface area is 203 Å². The third-order valence-electron chi connectivity index (χ3n) is 5.12. The molecule has 0 saturated carbocycles. The van der Waals surface area contributed by atoms with Crippen LogP contribution in [0.25, 0.3) is 0 Å². The predicted molar refractivity (Wildman–Crippen MR) is 129 cm³/mol. The molecule has 182 valence electrons. The van der Waals surface area contributed by atoms with E-state index >= 15 is 0 Å². The lowest BCUT2D eigenvalue weighted by Crippen LogP contribution is -2.34. The molecule has 2 aromatic carbocycles. The highest BCUT2D eigenvalue weighted by atomic mass is 32.2. The van der Waals surface area contributed by atoms with E-state index in [-0.39, 0.29) is 23.2 Å². The monoisotopic (exact) mass is 506 g/mol. The summed E-state index contributed by atoms with van der Waals surface area (Å²) < 4.78 is 47.2. The molecule has 3 rings (SSSR count). The predicted octanol–water partition coefficient (Wildman–Crippen LogP) is 5.28. The largest absolute Gasteiger partial charge is 0.487 e. The average molecular weight is 507 g/mol. The summed E-state index contributed by atoms with van der Waals surface area (Å²) in [5.74, 6) is 0.598. The molecule has 1 amide bonds. The van der Waals surface area contributed by atoms with Gasteiger partial charge in [0.2, 0.25) is 0 Å². The lowest BCUT2D eigenvalue weighted by Gasteiger charge is -2.21. The SMILES string of the molecule is CCN(CCC(C)c1nc(COc2ccc(S(C)(=O)=O)cc2)cs1)C(=O)Oc1ccc(F)cc1. The molecule has 0 N–H and O–H groups in total. The fourth-order valence-corrected chi connectivity index (χ4v) is 4.60. The molecule has 0 saturated heterocycles. The Morgan fingerprint density at radius 3 is 2.38 bits per heavy atom. The molecular formula is C24H27FN2O5S2. The van der Waals surface area contributed by atoms with E-state index in [0.717, 1.165) is 17.0 Å². The number of carbonyl (C=O) groups is 1. The summed E-state index contributed by atoms with van der Waals surface area (Å²) in [5.41, 5.74) is 0.780. The van der Waals surface area contributed by atoms with Crippen LogP contribution in [0.1, 0.15) is 36.9 Å². The molecule has 3 aromatic rings. The number of aromatic nitrogens is 1. The van der Waals surface area contributed by atoms with Crippen molar-refractivity contribution in [2.45, 2.75) is 37.7 Å². The first-order valence-corrected chi connectivity index (χ1v) is 13.5. The summed E-state index contributed by atoms with van der Waals surface area (Å²) in [5, 5.41) is 2.87. The first-order chi connectivity index (χ1) is 16.2. The average Bonchev–Trinajstić information content (AvgIpc) is 3.28. The van der Waals surface area contributed by atoms with E-state index in [1.165, 1.54) is 47.7 Å². The van der Waals surface area contributed by atoms with Gasteiger partial charge in [-0.2, -0.15) is 0 Å². The molecule has 0 fully saturated rings. The van der Waals surface area contributed by atoms with Crippen LogP contribution >= 0.6 is 11.3 Å². The summed E-state index contributed by atoms with van der Waals surface area (Å²) in [6.07, 6.45) is 1.39. The fraction of sp³-hybridized carbons (Fsp3) is 0.333. The van der Waals surface area contributed by atoms with Crippen LogP contribution in [0, 0.1) is 5.82 Å². The minimum absolute atomic E-state index is 0.125. The number of halogens is 1. The molecule has 0 bridgehead atoms. The van der Waals surface area contributed by atoms with Crippen molar-refractivity contribution in [3.63, 3.8) is 0 Å². The van der Waals surface area contributed by atoms with Crippen LogP contribution in [0.2, 0.25) is 0 Å². The zero-order valence-electron chi connectivity index (χ0n) is 19.2. The number of amides is 1. The minimum Gasteiger partial charge on any atom is -0.487 e. The number of hydrogen-bond donors (Lipinski definition) is 0. The lowest BCUT2D eigenvalue weighted by atomic mass is 10.1. The van der Waals surface area contributed by atoms with E-state index < -0.39 is 15.9 Å². The van der Waals surface area contributed by atoms with Crippen molar-refractivity contribution in [3.8, 4) is 11.5 Å². The van der Waals surface area contributed by atoms with Gasteiger partial charge in [-0.3, -0.25) is 0 Å². The highest BCUT2D eigenvalue weighted by molar-refractivity contribution is 7.90. The molecule has 0 aliphatic heterocycles. The summed E-state index contributed by atoms with van der Waals surface area (Å²) in [6, 6.07) is 11.6. The van der Waals surface area contributed by atoms with Crippen LogP contribution in [-0.2, 0) is 16.4 Å². The van der Waals surface area contributed by atoms with E-state index in [0.29, 0.717) is 31.0 Å². The van der Waals surface area contributed by atoms with Crippen molar-refractivity contribution in [2.24, 2.45) is 0 Å². The molecule has 0 aliphatic rings. The van der Waals surface area contributed by atoms with Gasteiger partial charge in [-0.25, -0.2) is 22.6 Å². The van der Waals surface area contributed by atoms with Gasteiger partial charge in [-0.05, 0) is 61.9 Å². The maximum Gasteiger partial charge on any atom is 0.415 e. The molecule has 1 heterocycles. The number of benzene rings is 2. The number of ether oxygens (including phenoxy) is 2. The van der Waals surface area contributed by atoms with Gasteiger partial charge in [0.05, 0.1) is 15.6 Å². The number of rotatable bonds is 10. The molecule has 0 spiro atoms. The number of thiazole rings is 1. The molecule has 1 unspecified atom stereocenters. The van der Waals surface area contributed by atoms with Gasteiger partial charge >= 0.3 is 6.09 Å². The summed E-state index contributed by atoms with van der Waals surface area (Å²) in [6.45, 7) is 5.18. The molecular weight excluding hydrogens is 479 g/mol. The molecule has 0 aliphatic carbocycles. The fourth-order valence-electron chi connectivity index (χ4n) is 3.08. The van der Waals surface area contributed by atoms with Crippen molar-refractivity contribution in [2.75, 3.05) is 19.3 Å². The van der Waals surface area contributed by atoms with Crippen molar-refractivity contribution in [1.82, 2.24) is 9.88 Å². The summed E-state index contributed by atoms with van der Waals surface area (Å²) >= 11 is 1.53. The second-order valence-corrected chi connectivity index (χ2v) is 10.7. The van der Waals surface area contributed by atoms with Crippen LogP contribution in [0.3, 0.4) is 0 Å². The quantitative estimate of drug-likeness (QED) is 0.372. The van der Waals surface area contributed by atoms with Gasteiger partial charge in [0.1, 0.15) is 23.9 Å². The second-order valence-electron chi connectivity index (χ2n) is 7.80. The minimum atomic E-state index is -3.24. The van der Waals surface area contributed by atoms with Gasteiger partial charge in [0, 0.05) is 30.6 Å². The van der Waals surface area contributed by atoms with E-state index in [4.69, 9.17) is 9.47 Å². The third-order valence-corrected chi connectivity index (χ3v) is 7.37. The first kappa shape index (κ1) is 25.6. The van der Waals surface area contributed by atoms with Crippen molar-refractivity contribution in [3.05, 3.63) is 70.4 Å². The molecule has 0 radical (unpaired) electrons. The Morgan fingerprint density at radius 1 is 1.12 bits per heavy atom. The van der Waals surface area contributed by atoms with E-state index in [2.05, 4.69) is 4.98 Å². The first-order valence-electron chi connectivity index (χ1n) is 10.7. The lowest BCUT2D eigenvalue weighted by molar-refractivity contribution is 0.153. The normalized spacial score (nSPS) is 12.2. The van der Waals surface area contributed by atoms with E-state index in [9.17, 15) is 17.6 Å². The van der Waals surface area contributed by atoms with Gasteiger partial charge < -0.3 is 14.4 Å². The highest BCUT2D eigenvalue weighted by Gasteiger charge is 2.18. The Hall–Kier alpha value is -2.98. The van der Waals surface area contributed by atoms with Crippen LogP contribution in [0.5, 0.6) is 11.5 Å². The maximum atomic E-state index is 13.0. The Kier molecular flexibility index (Phi) is 8.62. The summed E-state index contributed by atoms with van der Waals surface area (Å²) in [7, 11) is -3.24. The van der Waals surface area contributed by atoms with Crippen LogP contribution in [0.4, 0.5) is 9.18 Å². The van der Waals surface area contributed by atoms with Gasteiger partial charge in [-0.1, -0.05) is 6.92 Å². The Morgan fingerprint density at radius 2 is 1.76 bits per heavy atom. The Balaban J connectivity index is 1.49. The van der Waals surface area contributed by atoms with Crippen molar-refractivity contribution < 1.29 is 27.1 Å². The van der Waals surface area contributed by atoms with Crippen LogP contribution < -0.4 is 9.47 Å². The zero-order chi connectivity index (χ0) is 24.7. The zero-order valence-corrected chi connectivity index (χ0v) is 20.9. The van der Waals surface area contributed by atoms with Gasteiger partial charge in [-0.15, -0.1) is 11.3 Å². The van der Waals surface area contributed by atoms with E-state index in [1.807, 2.05) is 19.2 Å². The number of hydrogen-bond acceptors (Lipinski definition) is 7. The molecule has 1 aromatic heterocycles. The molecule has 1 atom stereocenters. The van der Waals surface area contributed by atoms with Gasteiger partial charge in [0.25, 0.3) is 0 Å². The van der Waals surface area contributed by atoms with Crippen LogP contribution in [0.15, 0.2) is 58.8 Å².